The summed E-state index contributed by atoms with van der Waals surface area (Å²) in [6.07, 6.45) is 2.05. The minimum Gasteiger partial charge on any atom is -0.373 e. The third-order valence-electron chi connectivity index (χ3n) is 3.43. The summed E-state index contributed by atoms with van der Waals surface area (Å²) in [6, 6.07) is 8.59. The topological polar surface area (TPSA) is 73.2 Å². The van der Waals surface area contributed by atoms with Crippen molar-refractivity contribution in [2.24, 2.45) is 0 Å². The highest BCUT2D eigenvalue weighted by atomic mass is 16.2. The number of carbonyl (C=O) groups is 2. The van der Waals surface area contributed by atoms with Crippen molar-refractivity contribution in [2.75, 3.05) is 5.32 Å². The molecule has 5 heteroatoms. The molecule has 0 radical (unpaired) electrons. The molecule has 2 amide bonds. The van der Waals surface area contributed by atoms with Crippen LogP contribution in [0.5, 0.6) is 0 Å². The normalized spacial score (nSPS) is 22.5. The van der Waals surface area contributed by atoms with Gasteiger partial charge in [0.1, 0.15) is 6.04 Å². The van der Waals surface area contributed by atoms with Crippen molar-refractivity contribution in [1.82, 2.24) is 4.90 Å². The highest BCUT2D eigenvalue weighted by Crippen LogP contribution is 2.32. The fraction of sp³-hybridized carbons (Fsp3) is 0.357. The molecule has 1 saturated heterocycles. The number of rotatable bonds is 3. The van der Waals surface area contributed by atoms with Crippen LogP contribution in [0.4, 0.5) is 5.69 Å². The first-order valence-electron chi connectivity index (χ1n) is 6.31. The number of benzene rings is 1. The second-order valence-electron chi connectivity index (χ2n) is 4.93. The number of likely N-dealkylation sites (tertiary alicyclic amines) is 1. The Balaban J connectivity index is 1.75. The van der Waals surface area contributed by atoms with Crippen LogP contribution >= 0.6 is 0 Å². The molecule has 0 aromatic heterocycles. The predicted molar refractivity (Wildman–Crippen MR) is 68.1 cm³/mol. The molecule has 1 aliphatic carbocycles. The van der Waals surface area contributed by atoms with E-state index in [2.05, 4.69) is 5.32 Å². The number of hydrogen-bond acceptors (Lipinski definition) is 4. The van der Waals surface area contributed by atoms with Gasteiger partial charge in [-0.1, -0.05) is 6.07 Å². The Kier molecular flexibility index (Phi) is 2.71. The molecule has 96 valence electrons. The van der Waals surface area contributed by atoms with E-state index < -0.39 is 6.04 Å². The maximum Gasteiger partial charge on any atom is 0.252 e. The second-order valence-corrected chi connectivity index (χ2v) is 4.93. The minimum absolute atomic E-state index is 0.0959. The van der Waals surface area contributed by atoms with Crippen molar-refractivity contribution >= 4 is 17.5 Å². The van der Waals surface area contributed by atoms with Crippen LogP contribution in [0.1, 0.15) is 24.8 Å². The molecule has 19 heavy (non-hydrogen) atoms. The molecular formula is C14H13N3O2. The molecular weight excluding hydrogens is 242 g/mol. The lowest BCUT2D eigenvalue weighted by Gasteiger charge is -2.15. The average Bonchev–Trinajstić information content (AvgIpc) is 3.19. The Labute approximate surface area is 110 Å². The van der Waals surface area contributed by atoms with Crippen molar-refractivity contribution in [1.29, 1.82) is 5.26 Å². The van der Waals surface area contributed by atoms with E-state index in [0.717, 1.165) is 12.8 Å². The maximum absolute atomic E-state index is 12.1. The third kappa shape index (κ3) is 2.17. The molecule has 0 spiro atoms. The smallest absolute Gasteiger partial charge is 0.252 e. The van der Waals surface area contributed by atoms with Gasteiger partial charge in [-0.25, -0.2) is 0 Å². The standard InChI is InChI=1S/C14H13N3O2/c15-8-9-2-1-3-10(6-9)16-12-7-13(18)17(14(12)19)11-4-5-11/h1-3,6,11-12,16H,4-5,7H2. The van der Waals surface area contributed by atoms with Crippen molar-refractivity contribution in [3.63, 3.8) is 0 Å². The molecule has 5 nitrogen and oxygen atoms in total. The Morgan fingerprint density at radius 2 is 2.11 bits per heavy atom. The van der Waals surface area contributed by atoms with Crippen LogP contribution in [0.3, 0.4) is 0 Å². The van der Waals surface area contributed by atoms with Gasteiger partial charge in [0.2, 0.25) is 5.91 Å². The summed E-state index contributed by atoms with van der Waals surface area (Å²) in [5, 5.41) is 11.9. The van der Waals surface area contributed by atoms with E-state index in [1.807, 2.05) is 6.07 Å². The van der Waals surface area contributed by atoms with Crippen molar-refractivity contribution in [2.45, 2.75) is 31.3 Å². The number of anilines is 1. The fourth-order valence-electron chi connectivity index (χ4n) is 2.36. The molecule has 3 rings (SSSR count). The summed E-state index contributed by atoms with van der Waals surface area (Å²) in [5.41, 5.74) is 1.23. The minimum atomic E-state index is -0.498. The van der Waals surface area contributed by atoms with Gasteiger partial charge in [0, 0.05) is 11.7 Å². The van der Waals surface area contributed by atoms with Crippen LogP contribution < -0.4 is 5.32 Å². The lowest BCUT2D eigenvalue weighted by Crippen LogP contribution is -2.36. The molecule has 0 bridgehead atoms. The van der Waals surface area contributed by atoms with Crippen molar-refractivity contribution in [3.05, 3.63) is 29.8 Å². The number of imide groups is 1. The molecule has 2 aliphatic rings. The molecule has 1 N–H and O–H groups in total. The Morgan fingerprint density at radius 1 is 1.32 bits per heavy atom. The zero-order valence-corrected chi connectivity index (χ0v) is 10.3. The number of nitriles is 1. The number of nitrogens with one attached hydrogen (secondary N) is 1. The van der Waals surface area contributed by atoms with E-state index in [0.29, 0.717) is 11.3 Å². The van der Waals surface area contributed by atoms with Crippen LogP contribution in [0.2, 0.25) is 0 Å². The maximum atomic E-state index is 12.1. The van der Waals surface area contributed by atoms with Gasteiger partial charge in [-0.15, -0.1) is 0 Å². The van der Waals surface area contributed by atoms with Gasteiger partial charge < -0.3 is 5.32 Å². The van der Waals surface area contributed by atoms with Crippen LogP contribution in [-0.2, 0) is 9.59 Å². The summed E-state index contributed by atoms with van der Waals surface area (Å²) in [4.78, 5) is 25.3. The van der Waals surface area contributed by atoms with E-state index in [1.165, 1.54) is 4.90 Å². The summed E-state index contributed by atoms with van der Waals surface area (Å²) in [5.74, 6) is -0.240. The summed E-state index contributed by atoms with van der Waals surface area (Å²) >= 11 is 0. The Hall–Kier alpha value is -2.35. The lowest BCUT2D eigenvalue weighted by atomic mass is 10.2. The van der Waals surface area contributed by atoms with Crippen molar-refractivity contribution in [3.8, 4) is 6.07 Å². The molecule has 1 heterocycles. The van der Waals surface area contributed by atoms with Crippen molar-refractivity contribution < 1.29 is 9.59 Å². The monoisotopic (exact) mass is 255 g/mol. The Bertz CT molecular complexity index is 587. The Morgan fingerprint density at radius 3 is 2.79 bits per heavy atom. The SMILES string of the molecule is N#Cc1cccc(NC2CC(=O)N(C3CC3)C2=O)c1. The molecule has 1 saturated carbocycles. The average molecular weight is 255 g/mol. The number of hydrogen-bond donors (Lipinski definition) is 1. The number of nitrogens with zero attached hydrogens (tertiary/aromatic N) is 2. The predicted octanol–water partition coefficient (Wildman–Crippen LogP) is 1.26. The third-order valence-corrected chi connectivity index (χ3v) is 3.43. The fourth-order valence-corrected chi connectivity index (χ4v) is 2.36. The molecule has 1 atom stereocenters. The van der Waals surface area contributed by atoms with Gasteiger partial charge in [-0.3, -0.25) is 14.5 Å². The lowest BCUT2D eigenvalue weighted by molar-refractivity contribution is -0.139. The molecule has 1 aromatic carbocycles. The molecule has 1 unspecified atom stereocenters. The van der Waals surface area contributed by atoms with Gasteiger partial charge in [-0.05, 0) is 31.0 Å². The highest BCUT2D eigenvalue weighted by molar-refractivity contribution is 6.07. The van der Waals surface area contributed by atoms with Gasteiger partial charge in [0.25, 0.3) is 5.91 Å². The van der Waals surface area contributed by atoms with Gasteiger partial charge >= 0.3 is 0 Å². The van der Waals surface area contributed by atoms with Gasteiger partial charge in [-0.2, -0.15) is 5.26 Å². The van der Waals surface area contributed by atoms with Gasteiger partial charge in [0.15, 0.2) is 0 Å². The molecule has 1 aromatic rings. The van der Waals surface area contributed by atoms with E-state index >= 15 is 0 Å². The van der Waals surface area contributed by atoms with Gasteiger partial charge in [0.05, 0.1) is 18.1 Å². The first-order valence-corrected chi connectivity index (χ1v) is 6.31. The highest BCUT2D eigenvalue weighted by Gasteiger charge is 2.46. The zero-order valence-electron chi connectivity index (χ0n) is 10.3. The zero-order chi connectivity index (χ0) is 13.4. The first kappa shape index (κ1) is 11.7. The summed E-state index contributed by atoms with van der Waals surface area (Å²) in [7, 11) is 0. The quantitative estimate of drug-likeness (QED) is 0.825. The first-order chi connectivity index (χ1) is 9.19. The van der Waals surface area contributed by atoms with E-state index in [-0.39, 0.29) is 24.3 Å². The van der Waals surface area contributed by atoms with E-state index in [1.54, 1.807) is 24.3 Å². The number of amides is 2. The molecule has 1 aliphatic heterocycles. The van der Waals surface area contributed by atoms with Crippen LogP contribution in [0.25, 0.3) is 0 Å². The summed E-state index contributed by atoms with van der Waals surface area (Å²) < 4.78 is 0. The van der Waals surface area contributed by atoms with Crippen LogP contribution in [0.15, 0.2) is 24.3 Å². The van der Waals surface area contributed by atoms with E-state index in [4.69, 9.17) is 5.26 Å². The largest absolute Gasteiger partial charge is 0.373 e. The summed E-state index contributed by atoms with van der Waals surface area (Å²) in [6.45, 7) is 0. The molecule has 2 fully saturated rings. The second kappa shape index (κ2) is 4.39. The number of carbonyl (C=O) groups excluding carboxylic acids is 2. The van der Waals surface area contributed by atoms with E-state index in [9.17, 15) is 9.59 Å². The van der Waals surface area contributed by atoms with Crippen LogP contribution in [-0.4, -0.2) is 28.8 Å². The van der Waals surface area contributed by atoms with Crippen LogP contribution in [0, 0.1) is 11.3 Å².